The molecule has 0 aliphatic carbocycles. The maximum absolute atomic E-state index is 13.7. The van der Waals surface area contributed by atoms with Gasteiger partial charge in [0.05, 0.1) is 16.6 Å². The highest BCUT2D eigenvalue weighted by atomic mass is 79.9. The zero-order valence-electron chi connectivity index (χ0n) is 18.7. The van der Waals surface area contributed by atoms with Gasteiger partial charge < -0.3 is 9.72 Å². The summed E-state index contributed by atoms with van der Waals surface area (Å²) >= 11 is 5.78. The fraction of sp³-hybridized carbons (Fsp3) is 0.148. The lowest BCUT2D eigenvalue weighted by Crippen LogP contribution is -2.32. The topological polar surface area (TPSA) is 79.5 Å². The number of aromatic amines is 1. The molecule has 3 atom stereocenters. The molecule has 1 aromatic heterocycles. The van der Waals surface area contributed by atoms with Gasteiger partial charge in [-0.05, 0) is 47.5 Å². The first kappa shape index (κ1) is 23.3. The third-order valence-corrected chi connectivity index (χ3v) is 9.33. The largest absolute Gasteiger partial charge is 0.489 e. The van der Waals surface area contributed by atoms with Gasteiger partial charge in [0.1, 0.15) is 17.6 Å². The van der Waals surface area contributed by atoms with Crippen molar-refractivity contribution >= 4 is 56.5 Å². The van der Waals surface area contributed by atoms with Crippen molar-refractivity contribution in [1.82, 2.24) is 4.98 Å². The van der Waals surface area contributed by atoms with Crippen LogP contribution in [-0.2, 0) is 16.2 Å². The first-order valence-electron chi connectivity index (χ1n) is 11.3. The minimum absolute atomic E-state index is 0.190. The Hall–Kier alpha value is -3.14. The minimum Gasteiger partial charge on any atom is -0.489 e. The molecule has 2 aliphatic heterocycles. The molecule has 0 radical (unpaired) electrons. The number of carbonyl (C=O) groups is 2. The molecule has 9 heteroatoms. The standard InChI is InChI=1S/C27H19BrN2O4S2/c28-17-8-10-18(11-9-17)30-25(31)21-20(22-24(29-27(33)36-22)35-23(21)26(30)32)16-6-12-19(13-7-16)34-14-15-4-2-1-3-5-15/h1-13,20-21,23H,14H2,(H,29,33). The summed E-state index contributed by atoms with van der Waals surface area (Å²) in [4.78, 5) is 44.2. The highest BCUT2D eigenvalue weighted by Gasteiger charge is 2.56. The van der Waals surface area contributed by atoms with Crippen LogP contribution in [0.4, 0.5) is 5.69 Å². The van der Waals surface area contributed by atoms with E-state index in [2.05, 4.69) is 20.9 Å². The molecule has 6 nitrogen and oxygen atoms in total. The van der Waals surface area contributed by atoms with Gasteiger partial charge in [-0.15, -0.1) is 0 Å². The number of rotatable bonds is 5. The van der Waals surface area contributed by atoms with Gasteiger partial charge in [-0.2, -0.15) is 0 Å². The number of imide groups is 1. The normalized spacial score (nSPS) is 20.8. The highest BCUT2D eigenvalue weighted by Crippen LogP contribution is 2.53. The number of nitrogens with zero attached hydrogens (tertiary/aromatic N) is 1. The molecule has 3 heterocycles. The summed E-state index contributed by atoms with van der Waals surface area (Å²) < 4.78 is 6.79. The number of thioether (sulfide) groups is 1. The van der Waals surface area contributed by atoms with E-state index in [1.54, 1.807) is 12.1 Å². The summed E-state index contributed by atoms with van der Waals surface area (Å²) in [5.74, 6) is -0.822. The number of ether oxygens (including phenoxy) is 1. The number of H-pyrrole nitrogens is 1. The molecule has 1 N–H and O–H groups in total. The van der Waals surface area contributed by atoms with Gasteiger partial charge in [0.2, 0.25) is 11.8 Å². The van der Waals surface area contributed by atoms with E-state index in [0.29, 0.717) is 23.1 Å². The Balaban J connectivity index is 1.34. The van der Waals surface area contributed by atoms with Crippen LogP contribution < -0.4 is 14.5 Å². The second-order valence-corrected chi connectivity index (χ2v) is 11.7. The minimum atomic E-state index is -0.613. The number of halogens is 1. The number of aromatic nitrogens is 1. The SMILES string of the molecule is O=C1C2Sc3[nH]c(=O)sc3C(c3ccc(OCc4ccccc4)cc3)C2C(=O)N1c1ccc(Br)cc1. The van der Waals surface area contributed by atoms with Gasteiger partial charge in [0.25, 0.3) is 0 Å². The van der Waals surface area contributed by atoms with Crippen molar-refractivity contribution in [3.8, 4) is 5.75 Å². The van der Waals surface area contributed by atoms with Crippen molar-refractivity contribution in [2.75, 3.05) is 4.90 Å². The van der Waals surface area contributed by atoms with Crippen LogP contribution >= 0.6 is 39.0 Å². The van der Waals surface area contributed by atoms with Crippen molar-refractivity contribution in [2.24, 2.45) is 5.92 Å². The molecule has 0 spiro atoms. The highest BCUT2D eigenvalue weighted by molar-refractivity contribution is 9.10. The van der Waals surface area contributed by atoms with Crippen LogP contribution in [0.2, 0.25) is 0 Å². The van der Waals surface area contributed by atoms with Gasteiger partial charge in [-0.1, -0.05) is 81.5 Å². The second-order valence-electron chi connectivity index (χ2n) is 8.58. The molecule has 3 aromatic carbocycles. The molecule has 2 amide bonds. The van der Waals surface area contributed by atoms with Crippen LogP contribution in [0, 0.1) is 5.92 Å². The summed E-state index contributed by atoms with van der Waals surface area (Å²) in [6, 6.07) is 24.6. The molecular formula is C27H19BrN2O4S2. The number of amides is 2. The number of hydrogen-bond donors (Lipinski definition) is 1. The van der Waals surface area contributed by atoms with Gasteiger partial charge in [-0.3, -0.25) is 14.4 Å². The van der Waals surface area contributed by atoms with Gasteiger partial charge in [-0.25, -0.2) is 4.90 Å². The van der Waals surface area contributed by atoms with Crippen molar-refractivity contribution in [1.29, 1.82) is 0 Å². The quantitative estimate of drug-likeness (QED) is 0.313. The van der Waals surface area contributed by atoms with E-state index < -0.39 is 17.1 Å². The van der Waals surface area contributed by atoms with E-state index in [0.717, 1.165) is 31.8 Å². The third kappa shape index (κ3) is 4.11. The predicted octanol–water partition coefficient (Wildman–Crippen LogP) is 5.57. The lowest BCUT2D eigenvalue weighted by molar-refractivity contribution is -0.122. The van der Waals surface area contributed by atoms with Gasteiger partial charge in [0, 0.05) is 15.3 Å². The van der Waals surface area contributed by atoms with E-state index in [9.17, 15) is 14.4 Å². The monoisotopic (exact) mass is 578 g/mol. The van der Waals surface area contributed by atoms with Crippen molar-refractivity contribution in [3.05, 3.63) is 109 Å². The average molecular weight is 579 g/mol. The molecule has 2 aliphatic rings. The number of hydrogen-bond acceptors (Lipinski definition) is 6. The number of carbonyl (C=O) groups excluding carboxylic acids is 2. The summed E-state index contributed by atoms with van der Waals surface area (Å²) in [5.41, 5.74) is 2.48. The smallest absolute Gasteiger partial charge is 0.305 e. The van der Waals surface area contributed by atoms with Crippen LogP contribution in [-0.4, -0.2) is 22.0 Å². The molecule has 3 unspecified atom stereocenters. The molecule has 36 heavy (non-hydrogen) atoms. The van der Waals surface area contributed by atoms with E-state index in [1.165, 1.54) is 16.7 Å². The van der Waals surface area contributed by atoms with Crippen molar-refractivity contribution in [2.45, 2.75) is 22.8 Å². The van der Waals surface area contributed by atoms with Crippen LogP contribution in [0.25, 0.3) is 0 Å². The number of anilines is 1. The maximum Gasteiger partial charge on any atom is 0.305 e. The Morgan fingerprint density at radius 2 is 1.61 bits per heavy atom. The maximum atomic E-state index is 13.7. The zero-order valence-corrected chi connectivity index (χ0v) is 21.9. The molecular weight excluding hydrogens is 560 g/mol. The molecule has 6 rings (SSSR count). The Bertz CT molecular complexity index is 1500. The van der Waals surface area contributed by atoms with Crippen molar-refractivity contribution in [3.63, 3.8) is 0 Å². The Morgan fingerprint density at radius 1 is 0.889 bits per heavy atom. The number of thiazole rings is 1. The predicted molar refractivity (Wildman–Crippen MR) is 144 cm³/mol. The Kier molecular flexibility index (Phi) is 6.07. The first-order valence-corrected chi connectivity index (χ1v) is 13.8. The summed E-state index contributed by atoms with van der Waals surface area (Å²) in [6.45, 7) is 0.448. The number of nitrogens with one attached hydrogen (secondary N) is 1. The zero-order chi connectivity index (χ0) is 24.8. The first-order chi connectivity index (χ1) is 17.5. The molecule has 1 fully saturated rings. The van der Waals surface area contributed by atoms with E-state index in [4.69, 9.17) is 4.74 Å². The fourth-order valence-corrected chi connectivity index (χ4v) is 7.51. The van der Waals surface area contributed by atoms with Crippen LogP contribution in [0.15, 0.2) is 93.2 Å². The third-order valence-electron chi connectivity index (χ3n) is 6.40. The molecule has 0 saturated carbocycles. The lowest BCUT2D eigenvalue weighted by atomic mass is 9.83. The Labute approximate surface area is 223 Å². The lowest BCUT2D eigenvalue weighted by Gasteiger charge is -2.29. The fourth-order valence-electron chi connectivity index (χ4n) is 4.73. The second kappa shape index (κ2) is 9.38. The Morgan fingerprint density at radius 3 is 2.33 bits per heavy atom. The van der Waals surface area contributed by atoms with Crippen molar-refractivity contribution < 1.29 is 14.3 Å². The van der Waals surface area contributed by atoms with Crippen LogP contribution in [0.5, 0.6) is 5.75 Å². The van der Waals surface area contributed by atoms with Crippen LogP contribution in [0.1, 0.15) is 21.9 Å². The summed E-state index contributed by atoms with van der Waals surface area (Å²) in [5, 5.41) is 0.0531. The van der Waals surface area contributed by atoms with E-state index >= 15 is 0 Å². The van der Waals surface area contributed by atoms with Gasteiger partial charge >= 0.3 is 4.87 Å². The summed E-state index contributed by atoms with van der Waals surface area (Å²) in [7, 11) is 0. The van der Waals surface area contributed by atoms with E-state index in [-0.39, 0.29) is 16.7 Å². The molecule has 4 aromatic rings. The number of fused-ring (bicyclic) bond motifs is 2. The molecule has 180 valence electrons. The molecule has 0 bridgehead atoms. The van der Waals surface area contributed by atoms with Gasteiger partial charge in [0.15, 0.2) is 0 Å². The van der Waals surface area contributed by atoms with Crippen LogP contribution in [0.3, 0.4) is 0 Å². The number of benzene rings is 3. The van der Waals surface area contributed by atoms with E-state index in [1.807, 2.05) is 66.7 Å². The summed E-state index contributed by atoms with van der Waals surface area (Å²) in [6.07, 6.45) is 0. The average Bonchev–Trinajstić information content (AvgIpc) is 3.39. The molecule has 1 saturated heterocycles.